The van der Waals surface area contributed by atoms with Gasteiger partial charge in [0.05, 0.1) is 0 Å². The van der Waals surface area contributed by atoms with Gasteiger partial charge in [0.15, 0.2) is 5.78 Å². The first-order valence-corrected chi connectivity index (χ1v) is 6.93. The molecule has 1 aliphatic rings. The summed E-state index contributed by atoms with van der Waals surface area (Å²) in [4.78, 5) is 26.5. The van der Waals surface area contributed by atoms with E-state index in [0.717, 1.165) is 6.42 Å². The van der Waals surface area contributed by atoms with Crippen LogP contribution in [0.15, 0.2) is 0 Å². The molecular formula is C15H27NO3. The van der Waals surface area contributed by atoms with Gasteiger partial charge < -0.3 is 4.74 Å². The lowest BCUT2D eigenvalue weighted by Crippen LogP contribution is -2.55. The number of nitrogens with zero attached hydrogens (tertiary/aromatic N) is 1. The summed E-state index contributed by atoms with van der Waals surface area (Å²) in [6.45, 7) is 13.6. The zero-order chi connectivity index (χ0) is 15.1. The van der Waals surface area contributed by atoms with E-state index in [0.29, 0.717) is 13.0 Å². The topological polar surface area (TPSA) is 46.6 Å². The first-order valence-electron chi connectivity index (χ1n) is 6.93. The van der Waals surface area contributed by atoms with Crippen LogP contribution in [0.5, 0.6) is 0 Å². The van der Waals surface area contributed by atoms with Crippen LogP contribution in [0.1, 0.15) is 61.3 Å². The van der Waals surface area contributed by atoms with Crippen LogP contribution in [0, 0.1) is 5.41 Å². The lowest BCUT2D eigenvalue weighted by Gasteiger charge is -2.38. The quantitative estimate of drug-likeness (QED) is 0.733. The number of likely N-dealkylation sites (tertiary alicyclic amines) is 1. The summed E-state index contributed by atoms with van der Waals surface area (Å²) in [5, 5.41) is 0. The molecule has 0 bridgehead atoms. The van der Waals surface area contributed by atoms with E-state index in [1.807, 2.05) is 48.5 Å². The fourth-order valence-corrected chi connectivity index (χ4v) is 2.62. The van der Waals surface area contributed by atoms with E-state index in [4.69, 9.17) is 4.74 Å². The smallest absolute Gasteiger partial charge is 0.411 e. The van der Waals surface area contributed by atoms with Crippen LogP contribution in [0.3, 0.4) is 0 Å². The molecule has 110 valence electrons. The van der Waals surface area contributed by atoms with Crippen LogP contribution in [0.4, 0.5) is 4.79 Å². The maximum atomic E-state index is 12.6. The van der Waals surface area contributed by atoms with E-state index in [1.54, 1.807) is 4.90 Å². The third-order valence-electron chi connectivity index (χ3n) is 3.43. The molecule has 1 aliphatic heterocycles. The number of hydrogen-bond acceptors (Lipinski definition) is 3. The number of ether oxygens (including phenoxy) is 1. The molecule has 1 fully saturated rings. The van der Waals surface area contributed by atoms with E-state index >= 15 is 0 Å². The number of Topliss-reactive ketones (excluding diaryl/α,β-unsaturated/α-hetero) is 1. The molecule has 0 saturated carbocycles. The van der Waals surface area contributed by atoms with Gasteiger partial charge in [0.1, 0.15) is 11.1 Å². The number of hydrogen-bond donors (Lipinski definition) is 0. The molecular weight excluding hydrogens is 242 g/mol. The Bertz CT molecular complexity index is 376. The minimum absolute atomic E-state index is 0.100. The molecule has 0 radical (unpaired) electrons. The van der Waals surface area contributed by atoms with Crippen molar-refractivity contribution in [1.82, 2.24) is 4.90 Å². The van der Waals surface area contributed by atoms with Crippen molar-refractivity contribution in [3.05, 3.63) is 0 Å². The molecule has 1 rings (SSSR count). The summed E-state index contributed by atoms with van der Waals surface area (Å²) >= 11 is 0. The molecule has 0 spiro atoms. The van der Waals surface area contributed by atoms with Crippen molar-refractivity contribution in [2.24, 2.45) is 5.41 Å². The molecule has 4 heteroatoms. The minimum Gasteiger partial charge on any atom is -0.444 e. The predicted octanol–water partition coefficient (Wildman–Crippen LogP) is 3.39. The second-order valence-electron chi connectivity index (χ2n) is 7.59. The van der Waals surface area contributed by atoms with Gasteiger partial charge in [-0.3, -0.25) is 9.69 Å². The van der Waals surface area contributed by atoms with Crippen molar-refractivity contribution in [2.75, 3.05) is 6.54 Å². The monoisotopic (exact) mass is 269 g/mol. The van der Waals surface area contributed by atoms with Gasteiger partial charge in [-0.15, -0.1) is 0 Å². The molecule has 1 atom stereocenters. The van der Waals surface area contributed by atoms with Crippen LogP contribution in [0.2, 0.25) is 0 Å². The second kappa shape index (κ2) is 4.80. The van der Waals surface area contributed by atoms with Gasteiger partial charge in [-0.2, -0.15) is 0 Å². The Morgan fingerprint density at radius 3 is 2.05 bits per heavy atom. The Balaban J connectivity index is 2.96. The summed E-state index contributed by atoms with van der Waals surface area (Å²) in [7, 11) is 0. The lowest BCUT2D eigenvalue weighted by molar-refractivity contribution is -0.136. The van der Waals surface area contributed by atoms with Gasteiger partial charge in [0, 0.05) is 12.0 Å². The number of amides is 1. The second-order valence-corrected chi connectivity index (χ2v) is 7.59. The fourth-order valence-electron chi connectivity index (χ4n) is 2.62. The number of carbonyl (C=O) groups excluding carboxylic acids is 2. The van der Waals surface area contributed by atoms with E-state index < -0.39 is 16.6 Å². The average molecular weight is 269 g/mol. The van der Waals surface area contributed by atoms with Gasteiger partial charge >= 0.3 is 6.09 Å². The predicted molar refractivity (Wildman–Crippen MR) is 75.0 cm³/mol. The van der Waals surface area contributed by atoms with E-state index in [1.165, 1.54) is 0 Å². The molecule has 0 aromatic heterocycles. The van der Waals surface area contributed by atoms with Gasteiger partial charge in [0.25, 0.3) is 0 Å². The largest absolute Gasteiger partial charge is 0.444 e. The van der Waals surface area contributed by atoms with Crippen LogP contribution in [-0.2, 0) is 9.53 Å². The highest BCUT2D eigenvalue weighted by Gasteiger charge is 2.50. The molecule has 1 heterocycles. The Kier molecular flexibility index (Phi) is 4.04. The summed E-state index contributed by atoms with van der Waals surface area (Å²) in [6.07, 6.45) is 1.17. The number of rotatable bonds is 1. The molecule has 1 saturated heterocycles. The van der Waals surface area contributed by atoms with Gasteiger partial charge in [0.2, 0.25) is 0 Å². The molecule has 0 aromatic rings. The summed E-state index contributed by atoms with van der Waals surface area (Å²) in [6, 6.07) is 0. The van der Waals surface area contributed by atoms with Crippen LogP contribution < -0.4 is 0 Å². The normalized spacial score (nSPS) is 24.5. The Morgan fingerprint density at radius 1 is 1.11 bits per heavy atom. The van der Waals surface area contributed by atoms with Crippen molar-refractivity contribution >= 4 is 11.9 Å². The highest BCUT2D eigenvalue weighted by Crippen LogP contribution is 2.36. The highest BCUT2D eigenvalue weighted by atomic mass is 16.6. The third kappa shape index (κ3) is 3.48. The van der Waals surface area contributed by atoms with Crippen molar-refractivity contribution in [3.8, 4) is 0 Å². The van der Waals surface area contributed by atoms with Crippen molar-refractivity contribution in [2.45, 2.75) is 72.4 Å². The van der Waals surface area contributed by atoms with Crippen molar-refractivity contribution < 1.29 is 14.3 Å². The Morgan fingerprint density at radius 2 is 1.63 bits per heavy atom. The summed E-state index contributed by atoms with van der Waals surface area (Å²) < 4.78 is 5.41. The average Bonchev–Trinajstić information content (AvgIpc) is 2.56. The molecule has 1 unspecified atom stereocenters. The van der Waals surface area contributed by atoms with Crippen molar-refractivity contribution in [3.63, 3.8) is 0 Å². The first kappa shape index (κ1) is 16.0. The van der Waals surface area contributed by atoms with Crippen LogP contribution in [0.25, 0.3) is 0 Å². The Labute approximate surface area is 116 Å². The maximum Gasteiger partial charge on any atom is 0.411 e. The number of ketones is 1. The first-order chi connectivity index (χ1) is 8.38. The van der Waals surface area contributed by atoms with Gasteiger partial charge in [-0.25, -0.2) is 4.79 Å². The number of carbonyl (C=O) groups is 2. The molecule has 0 N–H and O–H groups in total. The molecule has 0 aliphatic carbocycles. The van der Waals surface area contributed by atoms with Crippen LogP contribution in [-0.4, -0.2) is 34.5 Å². The molecule has 1 amide bonds. The lowest BCUT2D eigenvalue weighted by atomic mass is 9.78. The van der Waals surface area contributed by atoms with E-state index in [9.17, 15) is 9.59 Å². The van der Waals surface area contributed by atoms with Crippen molar-refractivity contribution in [1.29, 1.82) is 0 Å². The maximum absolute atomic E-state index is 12.6. The fraction of sp³-hybridized carbons (Fsp3) is 0.867. The summed E-state index contributed by atoms with van der Waals surface area (Å²) in [5.41, 5.74) is -1.73. The van der Waals surface area contributed by atoms with E-state index in [-0.39, 0.29) is 11.9 Å². The van der Waals surface area contributed by atoms with Gasteiger partial charge in [-0.1, -0.05) is 20.8 Å². The van der Waals surface area contributed by atoms with Crippen LogP contribution >= 0.6 is 0 Å². The summed E-state index contributed by atoms with van der Waals surface area (Å²) in [5.74, 6) is 0.100. The molecule has 19 heavy (non-hydrogen) atoms. The zero-order valence-electron chi connectivity index (χ0n) is 13.3. The van der Waals surface area contributed by atoms with E-state index in [2.05, 4.69) is 0 Å². The SMILES string of the molecule is CC(C)(C)OC(=O)N1CCCC1(C)C(=O)C(C)(C)C. The Hall–Kier alpha value is -1.06. The van der Waals surface area contributed by atoms with Gasteiger partial charge in [-0.05, 0) is 40.5 Å². The third-order valence-corrected chi connectivity index (χ3v) is 3.43. The molecule has 4 nitrogen and oxygen atoms in total. The highest BCUT2D eigenvalue weighted by molar-refractivity contribution is 5.95. The zero-order valence-corrected chi connectivity index (χ0v) is 13.3. The molecule has 0 aromatic carbocycles. The standard InChI is InChI=1S/C15H27NO3/c1-13(2,3)11(17)15(7)9-8-10-16(15)12(18)19-14(4,5)6/h8-10H2,1-7H3. The minimum atomic E-state index is -0.736.